The summed E-state index contributed by atoms with van der Waals surface area (Å²) in [5.41, 5.74) is -0.0489. The van der Waals surface area contributed by atoms with Gasteiger partial charge in [-0.3, -0.25) is 4.68 Å². The zero-order valence-corrected chi connectivity index (χ0v) is 19.2. The second-order valence-electron chi connectivity index (χ2n) is 8.47. The third-order valence-electron chi connectivity index (χ3n) is 6.00. The van der Waals surface area contributed by atoms with Crippen molar-refractivity contribution in [3.63, 3.8) is 0 Å². The number of aromatic nitrogens is 2. The summed E-state index contributed by atoms with van der Waals surface area (Å²) in [6.07, 6.45) is -4.34. The Hall–Kier alpha value is -3.71. The SMILES string of the molecule is Cc1ccc(C(O)(CC(F)(F)F)c2ccc3c(cnn3C)c2)c2ccccc12.Fc1ccccc1. The fraction of sp³-hybridized carbons (Fsp3) is 0.179. The number of hydrogen-bond donors (Lipinski definition) is 1. The number of nitrogens with zero attached hydrogens (tertiary/aromatic N) is 2. The number of fused-ring (bicyclic) bond motifs is 2. The molecule has 1 unspecified atom stereocenters. The maximum Gasteiger partial charge on any atom is 0.392 e. The van der Waals surface area contributed by atoms with Crippen LogP contribution >= 0.6 is 0 Å². The molecule has 1 heterocycles. The summed E-state index contributed by atoms with van der Waals surface area (Å²) >= 11 is 0. The van der Waals surface area contributed by atoms with Crippen LogP contribution in [0.2, 0.25) is 0 Å². The van der Waals surface area contributed by atoms with Crippen LogP contribution in [0.5, 0.6) is 0 Å². The molecule has 35 heavy (non-hydrogen) atoms. The van der Waals surface area contributed by atoms with E-state index in [1.807, 2.05) is 19.1 Å². The van der Waals surface area contributed by atoms with Crippen molar-refractivity contribution in [1.82, 2.24) is 9.78 Å². The lowest BCUT2D eigenvalue weighted by atomic mass is 9.80. The molecule has 0 saturated heterocycles. The summed E-state index contributed by atoms with van der Waals surface area (Å²) in [6.45, 7) is 1.90. The van der Waals surface area contributed by atoms with Crippen LogP contribution in [-0.2, 0) is 12.6 Å². The number of rotatable bonds is 3. The van der Waals surface area contributed by atoms with E-state index < -0.39 is 18.2 Å². The van der Waals surface area contributed by atoms with E-state index >= 15 is 0 Å². The Kier molecular flexibility index (Phi) is 6.63. The van der Waals surface area contributed by atoms with Crippen LogP contribution in [0.15, 0.2) is 91.1 Å². The number of benzene rings is 4. The van der Waals surface area contributed by atoms with E-state index in [1.54, 1.807) is 78.6 Å². The zero-order valence-electron chi connectivity index (χ0n) is 19.2. The minimum atomic E-state index is -4.55. The largest absolute Gasteiger partial charge is 0.392 e. The van der Waals surface area contributed by atoms with E-state index in [0.717, 1.165) is 16.5 Å². The second-order valence-corrected chi connectivity index (χ2v) is 8.47. The first-order chi connectivity index (χ1) is 16.6. The molecule has 0 bridgehead atoms. The highest BCUT2D eigenvalue weighted by Crippen LogP contribution is 2.43. The molecule has 7 heteroatoms. The van der Waals surface area contributed by atoms with Crippen LogP contribution in [-0.4, -0.2) is 21.1 Å². The third-order valence-corrected chi connectivity index (χ3v) is 6.00. The number of aliphatic hydroxyl groups is 1. The Morgan fingerprint density at radius 1 is 0.857 bits per heavy atom. The van der Waals surface area contributed by atoms with E-state index in [2.05, 4.69) is 5.10 Å². The van der Waals surface area contributed by atoms with Crippen molar-refractivity contribution in [2.45, 2.75) is 25.1 Å². The average molecular weight is 481 g/mol. The number of alkyl halides is 3. The lowest BCUT2D eigenvalue weighted by Gasteiger charge is -2.32. The maximum atomic E-state index is 13.5. The normalized spacial score (nSPS) is 13.3. The molecule has 0 fully saturated rings. The summed E-state index contributed by atoms with van der Waals surface area (Å²) in [4.78, 5) is 0. The topological polar surface area (TPSA) is 38.1 Å². The molecule has 180 valence electrons. The number of hydrogen-bond acceptors (Lipinski definition) is 2. The molecule has 0 aliphatic carbocycles. The van der Waals surface area contributed by atoms with Gasteiger partial charge in [-0.25, -0.2) is 4.39 Å². The van der Waals surface area contributed by atoms with Crippen molar-refractivity contribution in [3.05, 3.63) is 114 Å². The third kappa shape index (κ3) is 5.20. The van der Waals surface area contributed by atoms with Gasteiger partial charge in [-0.2, -0.15) is 18.3 Å². The van der Waals surface area contributed by atoms with Gasteiger partial charge in [0.1, 0.15) is 11.4 Å². The van der Waals surface area contributed by atoms with Gasteiger partial charge in [0, 0.05) is 12.4 Å². The summed E-state index contributed by atoms with van der Waals surface area (Å²) in [5, 5.41) is 17.7. The van der Waals surface area contributed by atoms with E-state index in [-0.39, 0.29) is 16.9 Å². The van der Waals surface area contributed by atoms with E-state index in [9.17, 15) is 22.7 Å². The van der Waals surface area contributed by atoms with Gasteiger partial charge in [0.15, 0.2) is 0 Å². The highest BCUT2D eigenvalue weighted by Gasteiger charge is 2.44. The van der Waals surface area contributed by atoms with Crippen molar-refractivity contribution in [3.8, 4) is 0 Å². The predicted octanol–water partition coefficient (Wildman–Crippen LogP) is 7.05. The van der Waals surface area contributed by atoms with Crippen molar-refractivity contribution in [2.75, 3.05) is 0 Å². The molecule has 4 aromatic carbocycles. The molecule has 0 amide bonds. The van der Waals surface area contributed by atoms with Crippen LogP contribution in [0, 0.1) is 12.7 Å². The van der Waals surface area contributed by atoms with Crippen LogP contribution < -0.4 is 0 Å². The minimum Gasteiger partial charge on any atom is -0.380 e. The molecule has 0 spiro atoms. The van der Waals surface area contributed by atoms with Gasteiger partial charge < -0.3 is 5.11 Å². The molecule has 3 nitrogen and oxygen atoms in total. The standard InChI is InChI=1S/C22H19F3N2O.C6H5F/c1-14-7-9-19(18-6-4-3-5-17(14)18)21(28,13-22(23,24)25)16-8-10-20-15(11-16)12-26-27(20)2;7-6-4-2-1-3-5-6/h3-12,28H,13H2,1-2H3;1-5H. The van der Waals surface area contributed by atoms with Crippen molar-refractivity contribution < 1.29 is 22.7 Å². The van der Waals surface area contributed by atoms with Crippen LogP contribution in [0.4, 0.5) is 17.6 Å². The van der Waals surface area contributed by atoms with Gasteiger partial charge in [0.05, 0.1) is 18.1 Å². The summed E-state index contributed by atoms with van der Waals surface area (Å²) in [5.74, 6) is -0.178. The number of halogens is 4. The van der Waals surface area contributed by atoms with Crippen LogP contribution in [0.25, 0.3) is 21.7 Å². The molecule has 0 aliphatic heterocycles. The molecule has 0 aliphatic rings. The molecule has 5 aromatic rings. The molecule has 1 aromatic heterocycles. The van der Waals surface area contributed by atoms with Gasteiger partial charge in [0.25, 0.3) is 0 Å². The Labute approximate surface area is 200 Å². The fourth-order valence-corrected chi connectivity index (χ4v) is 4.29. The van der Waals surface area contributed by atoms with E-state index in [4.69, 9.17) is 0 Å². The fourth-order valence-electron chi connectivity index (χ4n) is 4.29. The molecular formula is C28H24F4N2O. The maximum absolute atomic E-state index is 13.5. The van der Waals surface area contributed by atoms with Crippen molar-refractivity contribution >= 4 is 21.7 Å². The Bertz CT molecular complexity index is 1460. The Morgan fingerprint density at radius 3 is 2.14 bits per heavy atom. The highest BCUT2D eigenvalue weighted by molar-refractivity contribution is 5.90. The summed E-state index contributed by atoms with van der Waals surface area (Å²) in [6, 6.07) is 23.3. The first-order valence-corrected chi connectivity index (χ1v) is 11.0. The summed E-state index contributed by atoms with van der Waals surface area (Å²) < 4.78 is 54.2. The molecule has 1 atom stereocenters. The molecule has 1 N–H and O–H groups in total. The average Bonchev–Trinajstić information content (AvgIpc) is 3.19. The van der Waals surface area contributed by atoms with Gasteiger partial charge in [-0.05, 0) is 58.7 Å². The van der Waals surface area contributed by atoms with Gasteiger partial charge in [-0.15, -0.1) is 0 Å². The lowest BCUT2D eigenvalue weighted by molar-refractivity contribution is -0.169. The summed E-state index contributed by atoms with van der Waals surface area (Å²) in [7, 11) is 1.76. The Balaban J connectivity index is 0.000000356. The van der Waals surface area contributed by atoms with Crippen LogP contribution in [0.3, 0.4) is 0 Å². The quantitative estimate of drug-likeness (QED) is 0.281. The predicted molar refractivity (Wildman–Crippen MR) is 129 cm³/mol. The molecule has 0 radical (unpaired) electrons. The lowest BCUT2D eigenvalue weighted by Crippen LogP contribution is -2.33. The zero-order chi connectivity index (χ0) is 25.2. The smallest absolute Gasteiger partial charge is 0.380 e. The van der Waals surface area contributed by atoms with Gasteiger partial charge in [-0.1, -0.05) is 60.7 Å². The molecular weight excluding hydrogens is 456 g/mol. The number of aryl methyl sites for hydroxylation is 2. The molecule has 5 rings (SSSR count). The first kappa shape index (κ1) is 24.4. The second kappa shape index (κ2) is 9.50. The van der Waals surface area contributed by atoms with E-state index in [0.29, 0.717) is 10.8 Å². The van der Waals surface area contributed by atoms with Crippen LogP contribution in [0.1, 0.15) is 23.1 Å². The molecule has 0 saturated carbocycles. The van der Waals surface area contributed by atoms with E-state index in [1.165, 1.54) is 12.1 Å². The van der Waals surface area contributed by atoms with Gasteiger partial charge in [0.2, 0.25) is 0 Å². The van der Waals surface area contributed by atoms with Crippen molar-refractivity contribution in [2.24, 2.45) is 7.05 Å². The Morgan fingerprint density at radius 2 is 1.51 bits per heavy atom. The first-order valence-electron chi connectivity index (χ1n) is 11.0. The van der Waals surface area contributed by atoms with Gasteiger partial charge >= 0.3 is 6.18 Å². The highest BCUT2D eigenvalue weighted by atomic mass is 19.4. The minimum absolute atomic E-state index is 0.178. The van der Waals surface area contributed by atoms with Crippen molar-refractivity contribution in [1.29, 1.82) is 0 Å². The monoisotopic (exact) mass is 480 g/mol.